The van der Waals surface area contributed by atoms with E-state index in [4.69, 9.17) is 4.74 Å². The molecule has 11 heteroatoms. The van der Waals surface area contributed by atoms with E-state index >= 15 is 0 Å². The van der Waals surface area contributed by atoms with Crippen molar-refractivity contribution in [3.05, 3.63) is 59.9 Å². The van der Waals surface area contributed by atoms with E-state index in [-0.39, 0.29) is 31.6 Å². The largest absolute Gasteiger partial charge is 0.452 e. The van der Waals surface area contributed by atoms with E-state index in [0.29, 0.717) is 6.07 Å². The van der Waals surface area contributed by atoms with Crippen molar-refractivity contribution >= 4 is 27.6 Å². The van der Waals surface area contributed by atoms with E-state index in [1.165, 1.54) is 25.1 Å². The van der Waals surface area contributed by atoms with Crippen molar-refractivity contribution in [2.45, 2.75) is 30.8 Å². The molecule has 172 valence electrons. The molecule has 1 N–H and O–H groups in total. The molecule has 2 aromatic rings. The zero-order valence-electron chi connectivity index (χ0n) is 17.1. The molecule has 2 aromatic carbocycles. The van der Waals surface area contributed by atoms with E-state index < -0.39 is 56.3 Å². The third kappa shape index (κ3) is 5.28. The minimum atomic E-state index is -4.04. The first-order valence-electron chi connectivity index (χ1n) is 9.80. The SMILES string of the molecule is CC(OC(=O)C1CCN(S(=O)(=O)c2ccccc2F)CC1)C(=O)Nc1ccc(F)cc1F. The second-order valence-electron chi connectivity index (χ2n) is 7.30. The lowest BCUT2D eigenvalue weighted by atomic mass is 9.98. The average Bonchev–Trinajstić information content (AvgIpc) is 2.75. The van der Waals surface area contributed by atoms with Crippen LogP contribution in [0.4, 0.5) is 18.9 Å². The minimum Gasteiger partial charge on any atom is -0.452 e. The summed E-state index contributed by atoms with van der Waals surface area (Å²) in [6, 6.07) is 7.66. The van der Waals surface area contributed by atoms with Crippen LogP contribution in [0.2, 0.25) is 0 Å². The zero-order valence-corrected chi connectivity index (χ0v) is 17.9. The van der Waals surface area contributed by atoms with Crippen LogP contribution in [-0.4, -0.2) is 43.8 Å². The number of halogens is 3. The van der Waals surface area contributed by atoms with Gasteiger partial charge in [0.25, 0.3) is 5.91 Å². The molecule has 1 fully saturated rings. The van der Waals surface area contributed by atoms with Crippen molar-refractivity contribution in [3.63, 3.8) is 0 Å². The number of nitrogens with zero attached hydrogens (tertiary/aromatic N) is 1. The molecule has 1 amide bonds. The van der Waals surface area contributed by atoms with E-state index in [2.05, 4.69) is 5.32 Å². The summed E-state index contributed by atoms with van der Waals surface area (Å²) in [6.45, 7) is 1.27. The maximum absolute atomic E-state index is 13.9. The van der Waals surface area contributed by atoms with Crippen LogP contribution in [0.1, 0.15) is 19.8 Å². The number of piperidine rings is 1. The Labute approximate surface area is 183 Å². The number of sulfonamides is 1. The van der Waals surface area contributed by atoms with Gasteiger partial charge in [0.1, 0.15) is 22.3 Å². The van der Waals surface area contributed by atoms with Crippen molar-refractivity contribution in [3.8, 4) is 0 Å². The summed E-state index contributed by atoms with van der Waals surface area (Å²) in [5, 5.41) is 2.22. The first kappa shape index (κ1) is 23.7. The Hall–Kier alpha value is -2.92. The van der Waals surface area contributed by atoms with Gasteiger partial charge in [-0.1, -0.05) is 12.1 Å². The molecule has 1 atom stereocenters. The van der Waals surface area contributed by atoms with Gasteiger partial charge in [-0.25, -0.2) is 21.6 Å². The molecule has 1 saturated heterocycles. The van der Waals surface area contributed by atoms with Gasteiger partial charge < -0.3 is 10.1 Å². The second-order valence-corrected chi connectivity index (χ2v) is 9.21. The number of hydrogen-bond donors (Lipinski definition) is 1. The number of hydrogen-bond acceptors (Lipinski definition) is 5. The lowest BCUT2D eigenvalue weighted by Gasteiger charge is -2.30. The Kier molecular flexibility index (Phi) is 7.19. The highest BCUT2D eigenvalue weighted by molar-refractivity contribution is 7.89. The van der Waals surface area contributed by atoms with Gasteiger partial charge in [-0.15, -0.1) is 0 Å². The van der Waals surface area contributed by atoms with E-state index in [9.17, 15) is 31.2 Å². The molecule has 0 radical (unpaired) electrons. The number of ether oxygens (including phenoxy) is 1. The summed E-state index contributed by atoms with van der Waals surface area (Å²) < 4.78 is 72.0. The van der Waals surface area contributed by atoms with E-state index in [0.717, 1.165) is 22.5 Å². The molecule has 7 nitrogen and oxygen atoms in total. The lowest BCUT2D eigenvalue weighted by molar-refractivity contribution is -0.158. The number of amides is 1. The maximum atomic E-state index is 13.9. The number of rotatable bonds is 6. The fourth-order valence-corrected chi connectivity index (χ4v) is 4.81. The molecule has 0 aromatic heterocycles. The highest BCUT2D eigenvalue weighted by atomic mass is 32.2. The Morgan fingerprint density at radius 2 is 1.72 bits per heavy atom. The van der Waals surface area contributed by atoms with Gasteiger partial charge in [0.15, 0.2) is 6.10 Å². The van der Waals surface area contributed by atoms with E-state index in [1.807, 2.05) is 0 Å². The molecule has 0 saturated carbocycles. The second kappa shape index (κ2) is 9.70. The Balaban J connectivity index is 1.55. The summed E-state index contributed by atoms with van der Waals surface area (Å²) in [5.41, 5.74) is -0.258. The lowest BCUT2D eigenvalue weighted by Crippen LogP contribution is -2.42. The topological polar surface area (TPSA) is 92.8 Å². The van der Waals surface area contributed by atoms with Crippen molar-refractivity contribution < 1.29 is 35.9 Å². The average molecular weight is 470 g/mol. The molecule has 1 heterocycles. The van der Waals surface area contributed by atoms with Crippen molar-refractivity contribution in [1.29, 1.82) is 0 Å². The zero-order chi connectivity index (χ0) is 23.5. The van der Waals surface area contributed by atoms with Crippen LogP contribution in [0.25, 0.3) is 0 Å². The molecular weight excluding hydrogens is 449 g/mol. The highest BCUT2D eigenvalue weighted by Crippen LogP contribution is 2.26. The van der Waals surface area contributed by atoms with Gasteiger partial charge in [-0.2, -0.15) is 4.31 Å². The molecule has 1 aliphatic heterocycles. The van der Waals surface area contributed by atoms with Crippen LogP contribution in [0.15, 0.2) is 47.4 Å². The fourth-order valence-electron chi connectivity index (χ4n) is 3.27. The molecule has 3 rings (SSSR count). The Morgan fingerprint density at radius 3 is 2.34 bits per heavy atom. The van der Waals surface area contributed by atoms with Gasteiger partial charge in [-0.05, 0) is 44.0 Å². The summed E-state index contributed by atoms with van der Waals surface area (Å²) in [7, 11) is -4.04. The van der Waals surface area contributed by atoms with Crippen LogP contribution in [0.5, 0.6) is 0 Å². The molecule has 1 unspecified atom stereocenters. The highest BCUT2D eigenvalue weighted by Gasteiger charge is 2.35. The molecule has 1 aliphatic rings. The standard InChI is InChI=1S/C21H21F3N2O5S/c1-13(20(27)25-18-7-6-15(22)12-17(18)24)31-21(28)14-8-10-26(11-9-14)32(29,30)19-5-3-2-4-16(19)23/h2-7,12-14H,8-11H2,1H3,(H,25,27). The third-order valence-electron chi connectivity index (χ3n) is 5.09. The smallest absolute Gasteiger partial charge is 0.309 e. The monoisotopic (exact) mass is 470 g/mol. The van der Waals surface area contributed by atoms with Gasteiger partial charge >= 0.3 is 5.97 Å². The first-order valence-corrected chi connectivity index (χ1v) is 11.2. The Morgan fingerprint density at radius 1 is 1.06 bits per heavy atom. The number of nitrogens with one attached hydrogen (secondary N) is 1. The van der Waals surface area contributed by atoms with Gasteiger partial charge in [0, 0.05) is 19.2 Å². The predicted octanol–water partition coefficient (Wildman–Crippen LogP) is 3.08. The van der Waals surface area contributed by atoms with Gasteiger partial charge in [0.2, 0.25) is 10.0 Å². The number of carbonyl (C=O) groups excluding carboxylic acids is 2. The summed E-state index contributed by atoms with van der Waals surface area (Å²) in [4.78, 5) is 24.1. The number of anilines is 1. The summed E-state index contributed by atoms with van der Waals surface area (Å²) >= 11 is 0. The normalized spacial score (nSPS) is 16.4. The predicted molar refractivity (Wildman–Crippen MR) is 108 cm³/mol. The van der Waals surface area contributed by atoms with Crippen LogP contribution >= 0.6 is 0 Å². The maximum Gasteiger partial charge on any atom is 0.309 e. The van der Waals surface area contributed by atoms with Crippen LogP contribution in [0, 0.1) is 23.4 Å². The fraction of sp³-hybridized carbons (Fsp3) is 0.333. The molecule has 0 spiro atoms. The van der Waals surface area contributed by atoms with Crippen LogP contribution < -0.4 is 5.32 Å². The van der Waals surface area contributed by atoms with Gasteiger partial charge in [0.05, 0.1) is 11.6 Å². The van der Waals surface area contributed by atoms with Crippen LogP contribution in [-0.2, 0) is 24.3 Å². The Bertz CT molecular complexity index is 1120. The van der Waals surface area contributed by atoms with Crippen molar-refractivity contribution in [1.82, 2.24) is 4.31 Å². The van der Waals surface area contributed by atoms with Crippen molar-refractivity contribution in [2.24, 2.45) is 5.92 Å². The first-order chi connectivity index (χ1) is 15.1. The van der Waals surface area contributed by atoms with Crippen molar-refractivity contribution in [2.75, 3.05) is 18.4 Å². The minimum absolute atomic E-state index is 0.0161. The third-order valence-corrected chi connectivity index (χ3v) is 7.02. The molecule has 0 aliphatic carbocycles. The molecule has 0 bridgehead atoms. The number of benzene rings is 2. The molecular formula is C21H21F3N2O5S. The summed E-state index contributed by atoms with van der Waals surface area (Å²) in [6.07, 6.45) is -0.993. The number of esters is 1. The number of carbonyl (C=O) groups is 2. The molecule has 32 heavy (non-hydrogen) atoms. The van der Waals surface area contributed by atoms with Crippen LogP contribution in [0.3, 0.4) is 0 Å². The quantitative estimate of drug-likeness (QED) is 0.655. The summed E-state index contributed by atoms with van der Waals surface area (Å²) in [5.74, 6) is -4.78. The van der Waals surface area contributed by atoms with Gasteiger partial charge in [-0.3, -0.25) is 9.59 Å². The van der Waals surface area contributed by atoms with E-state index in [1.54, 1.807) is 0 Å².